The van der Waals surface area contributed by atoms with Gasteiger partial charge in [0.1, 0.15) is 6.61 Å². The maximum absolute atomic E-state index is 12.2. The molecule has 2 aromatic rings. The van der Waals surface area contributed by atoms with Gasteiger partial charge in [0.25, 0.3) is 10.0 Å². The van der Waals surface area contributed by atoms with Crippen molar-refractivity contribution in [1.82, 2.24) is 14.5 Å². The molecule has 112 valence electrons. The number of nitrogens with zero attached hydrogens (tertiary/aromatic N) is 2. The molecule has 0 aliphatic rings. The van der Waals surface area contributed by atoms with E-state index in [1.807, 2.05) is 5.38 Å². The molecule has 2 rings (SSSR count). The molecule has 0 saturated heterocycles. The summed E-state index contributed by atoms with van der Waals surface area (Å²) in [5.41, 5.74) is 0.688. The molecule has 2 heterocycles. The monoisotopic (exact) mass is 345 g/mol. The smallest absolute Gasteiger partial charge is 0.259 e. The number of rotatable bonds is 4. The average Bonchev–Trinajstić information content (AvgIpc) is 3.01. The van der Waals surface area contributed by atoms with E-state index >= 15 is 0 Å². The van der Waals surface area contributed by atoms with Crippen molar-refractivity contribution in [3.8, 4) is 11.8 Å². The quantitative estimate of drug-likeness (QED) is 0.808. The highest BCUT2D eigenvalue weighted by Crippen LogP contribution is 2.21. The van der Waals surface area contributed by atoms with E-state index < -0.39 is 10.0 Å². The van der Waals surface area contributed by atoms with E-state index in [1.54, 1.807) is 6.07 Å². The van der Waals surface area contributed by atoms with Gasteiger partial charge in [0, 0.05) is 24.0 Å². The molecule has 0 aromatic carbocycles. The Morgan fingerprint density at radius 2 is 2.33 bits per heavy atom. The zero-order valence-corrected chi connectivity index (χ0v) is 13.4. The summed E-state index contributed by atoms with van der Waals surface area (Å²) in [6.45, 7) is -0.150. The van der Waals surface area contributed by atoms with Gasteiger partial charge in [0.2, 0.25) is 0 Å². The number of aromatic nitrogens is 2. The number of aryl methyl sites for hydroxylation is 1. The first kappa shape index (κ1) is 16.0. The third kappa shape index (κ3) is 3.64. The van der Waals surface area contributed by atoms with Crippen molar-refractivity contribution >= 4 is 33.0 Å². The molecule has 0 bridgehead atoms. The molecule has 0 spiro atoms. The lowest BCUT2D eigenvalue weighted by Gasteiger charge is -2.06. The molecule has 2 N–H and O–H groups in total. The van der Waals surface area contributed by atoms with Gasteiger partial charge in [-0.15, -0.1) is 11.3 Å². The van der Waals surface area contributed by atoms with Gasteiger partial charge in [-0.05, 0) is 11.4 Å². The van der Waals surface area contributed by atoms with Crippen LogP contribution in [0.1, 0.15) is 10.4 Å². The lowest BCUT2D eigenvalue weighted by molar-refractivity contribution is 0.350. The zero-order valence-electron chi connectivity index (χ0n) is 11.0. The summed E-state index contributed by atoms with van der Waals surface area (Å²) in [7, 11) is -2.26. The summed E-state index contributed by atoms with van der Waals surface area (Å²) < 4.78 is 28.1. The van der Waals surface area contributed by atoms with Crippen LogP contribution < -0.4 is 4.72 Å². The predicted octanol–water partition coefficient (Wildman–Crippen LogP) is 0.957. The van der Waals surface area contributed by atoms with E-state index in [1.165, 1.54) is 29.3 Å². The number of thiophene rings is 1. The van der Waals surface area contributed by atoms with E-state index in [4.69, 9.17) is 16.7 Å². The number of aliphatic hydroxyl groups excluding tert-OH is 1. The van der Waals surface area contributed by atoms with Crippen molar-refractivity contribution in [3.05, 3.63) is 33.1 Å². The normalized spacial score (nSPS) is 11.2. The Morgan fingerprint density at radius 3 is 2.95 bits per heavy atom. The number of hydrogen-bond donors (Lipinski definition) is 2. The first-order valence-corrected chi connectivity index (χ1v) is 8.53. The SMILES string of the molecule is Cn1ncc(Cl)c1S(=O)(=O)NCc1sccc1C#CCO. The van der Waals surface area contributed by atoms with Crippen LogP contribution in [0.3, 0.4) is 0 Å². The second-order valence-corrected chi connectivity index (χ2v) is 7.05. The van der Waals surface area contributed by atoms with Crippen molar-refractivity contribution in [2.24, 2.45) is 7.05 Å². The molecule has 0 unspecified atom stereocenters. The van der Waals surface area contributed by atoms with Gasteiger partial charge in [-0.2, -0.15) is 5.10 Å². The summed E-state index contributed by atoms with van der Waals surface area (Å²) >= 11 is 7.22. The molecule has 0 aliphatic heterocycles. The highest BCUT2D eigenvalue weighted by molar-refractivity contribution is 7.89. The van der Waals surface area contributed by atoms with Gasteiger partial charge in [-0.3, -0.25) is 4.68 Å². The highest BCUT2D eigenvalue weighted by Gasteiger charge is 2.22. The third-order valence-electron chi connectivity index (χ3n) is 2.57. The van der Waals surface area contributed by atoms with Gasteiger partial charge < -0.3 is 5.11 Å². The highest BCUT2D eigenvalue weighted by atomic mass is 35.5. The van der Waals surface area contributed by atoms with Crippen LogP contribution in [0.25, 0.3) is 0 Å². The van der Waals surface area contributed by atoms with Crippen LogP contribution in [0.4, 0.5) is 0 Å². The minimum atomic E-state index is -3.76. The van der Waals surface area contributed by atoms with Gasteiger partial charge in [0.05, 0.1) is 11.2 Å². The maximum Gasteiger partial charge on any atom is 0.259 e. The van der Waals surface area contributed by atoms with Crippen LogP contribution in [-0.2, 0) is 23.6 Å². The lowest BCUT2D eigenvalue weighted by Crippen LogP contribution is -2.25. The standard InChI is InChI=1S/C12H12ClN3O3S2/c1-16-12(10(13)7-14-16)21(18,19)15-8-11-9(3-2-5-17)4-6-20-11/h4,6-7,15,17H,5,8H2,1H3. The molecule has 0 radical (unpaired) electrons. The average molecular weight is 346 g/mol. The summed E-state index contributed by atoms with van der Waals surface area (Å²) in [5, 5.41) is 14.3. The summed E-state index contributed by atoms with van der Waals surface area (Å²) in [6, 6.07) is 1.77. The maximum atomic E-state index is 12.2. The van der Waals surface area contributed by atoms with E-state index in [2.05, 4.69) is 21.7 Å². The summed E-state index contributed by atoms with van der Waals surface area (Å²) in [4.78, 5) is 0.762. The van der Waals surface area contributed by atoms with Gasteiger partial charge in [0.15, 0.2) is 5.03 Å². The first-order valence-electron chi connectivity index (χ1n) is 5.79. The molecule has 0 aliphatic carbocycles. The number of hydrogen-bond acceptors (Lipinski definition) is 5. The number of aliphatic hydroxyl groups is 1. The molecule has 0 saturated carbocycles. The molecule has 6 nitrogen and oxygen atoms in total. The minimum Gasteiger partial charge on any atom is -0.384 e. The predicted molar refractivity (Wildman–Crippen MR) is 80.5 cm³/mol. The van der Waals surface area contributed by atoms with Crippen LogP contribution in [-0.4, -0.2) is 29.9 Å². The van der Waals surface area contributed by atoms with E-state index in [0.29, 0.717) is 5.56 Å². The molecular formula is C12H12ClN3O3S2. The van der Waals surface area contributed by atoms with Crippen molar-refractivity contribution in [3.63, 3.8) is 0 Å². The molecule has 9 heteroatoms. The van der Waals surface area contributed by atoms with Crippen LogP contribution in [0.2, 0.25) is 5.02 Å². The second kappa shape index (κ2) is 6.60. The Balaban J connectivity index is 2.19. The second-order valence-electron chi connectivity index (χ2n) is 3.96. The van der Waals surface area contributed by atoms with E-state index in [0.717, 1.165) is 4.88 Å². The number of sulfonamides is 1. The topological polar surface area (TPSA) is 84.2 Å². The molecule has 0 atom stereocenters. The summed E-state index contributed by atoms with van der Waals surface area (Å²) in [6.07, 6.45) is 1.28. The van der Waals surface area contributed by atoms with Crippen molar-refractivity contribution in [2.45, 2.75) is 11.6 Å². The Morgan fingerprint density at radius 1 is 1.57 bits per heavy atom. The van der Waals surface area contributed by atoms with Crippen LogP contribution in [0.15, 0.2) is 22.7 Å². The van der Waals surface area contributed by atoms with Gasteiger partial charge >= 0.3 is 0 Å². The van der Waals surface area contributed by atoms with Crippen molar-refractivity contribution in [2.75, 3.05) is 6.61 Å². The Kier molecular flexibility index (Phi) is 5.03. The Hall–Kier alpha value is -1.37. The largest absolute Gasteiger partial charge is 0.384 e. The van der Waals surface area contributed by atoms with E-state index in [9.17, 15) is 8.42 Å². The summed E-state index contributed by atoms with van der Waals surface area (Å²) in [5.74, 6) is 5.30. The number of halogens is 1. The van der Waals surface area contributed by atoms with Gasteiger partial charge in [-0.25, -0.2) is 13.1 Å². The minimum absolute atomic E-state index is 0.0662. The first-order chi connectivity index (χ1) is 9.95. The fourth-order valence-electron chi connectivity index (χ4n) is 1.65. The lowest BCUT2D eigenvalue weighted by atomic mass is 10.2. The van der Waals surface area contributed by atoms with Crippen molar-refractivity contribution < 1.29 is 13.5 Å². The van der Waals surface area contributed by atoms with Crippen LogP contribution in [0, 0.1) is 11.8 Å². The van der Waals surface area contributed by atoms with Crippen LogP contribution >= 0.6 is 22.9 Å². The Bertz CT molecular complexity index is 780. The van der Waals surface area contributed by atoms with Crippen molar-refractivity contribution in [1.29, 1.82) is 0 Å². The zero-order chi connectivity index (χ0) is 15.5. The van der Waals surface area contributed by atoms with Crippen LogP contribution in [0.5, 0.6) is 0 Å². The van der Waals surface area contributed by atoms with Gasteiger partial charge in [-0.1, -0.05) is 23.4 Å². The number of nitrogens with one attached hydrogen (secondary N) is 1. The fourth-order valence-corrected chi connectivity index (χ4v) is 4.16. The molecular weight excluding hydrogens is 334 g/mol. The molecule has 2 aromatic heterocycles. The Labute approximate surface area is 131 Å². The van der Waals surface area contributed by atoms with E-state index in [-0.39, 0.29) is 23.2 Å². The third-order valence-corrected chi connectivity index (χ3v) is 5.39. The molecule has 0 fully saturated rings. The molecule has 0 amide bonds. The fraction of sp³-hybridized carbons (Fsp3) is 0.250. The molecule has 21 heavy (non-hydrogen) atoms.